The quantitative estimate of drug-likeness (QED) is 0.811. The Labute approximate surface area is 126 Å². The van der Waals surface area contributed by atoms with Crippen molar-refractivity contribution in [2.75, 3.05) is 17.3 Å². The monoisotopic (exact) mass is 320 g/mol. The average Bonchev–Trinajstić information content (AvgIpc) is 2.43. The fraction of sp³-hybridized carbons (Fsp3) is 0.500. The van der Waals surface area contributed by atoms with E-state index in [4.69, 9.17) is 5.73 Å². The van der Waals surface area contributed by atoms with Crippen LogP contribution in [-0.2, 0) is 11.2 Å². The minimum atomic E-state index is -4.16. The zero-order valence-corrected chi connectivity index (χ0v) is 12.6. The summed E-state index contributed by atoms with van der Waals surface area (Å²) in [5.74, 6) is 0.511. The molecule has 118 valence electrons. The van der Waals surface area contributed by atoms with Gasteiger partial charge in [0.1, 0.15) is 0 Å². The van der Waals surface area contributed by atoms with E-state index in [9.17, 15) is 18.0 Å². The highest BCUT2D eigenvalue weighted by atomic mass is 32.2. The minimum absolute atomic E-state index is 0.0645. The topological polar surface area (TPSA) is 55.1 Å². The number of benzene rings is 1. The van der Waals surface area contributed by atoms with Crippen LogP contribution in [-0.4, -0.2) is 30.1 Å². The van der Waals surface area contributed by atoms with Crippen LogP contribution in [0.1, 0.15) is 18.4 Å². The van der Waals surface area contributed by atoms with E-state index in [1.807, 2.05) is 6.26 Å². The molecule has 0 aliphatic heterocycles. The molecule has 7 heteroatoms. The Bertz CT molecular complexity index is 449. The molecule has 0 aliphatic carbocycles. The highest BCUT2D eigenvalue weighted by Gasteiger charge is 2.26. The predicted octanol–water partition coefficient (Wildman–Crippen LogP) is 3.20. The third-order valence-electron chi connectivity index (χ3n) is 2.89. The van der Waals surface area contributed by atoms with Gasteiger partial charge in [-0.05, 0) is 42.5 Å². The summed E-state index contributed by atoms with van der Waals surface area (Å²) in [6.07, 6.45) is -2.55. The molecule has 1 rings (SSSR count). The van der Waals surface area contributed by atoms with E-state index in [2.05, 4.69) is 5.32 Å². The lowest BCUT2D eigenvalue weighted by Gasteiger charge is -2.12. The van der Waals surface area contributed by atoms with Crippen LogP contribution in [0.3, 0.4) is 0 Å². The van der Waals surface area contributed by atoms with Gasteiger partial charge in [0.25, 0.3) is 0 Å². The summed E-state index contributed by atoms with van der Waals surface area (Å²) in [4.78, 5) is 11.8. The third-order valence-corrected chi connectivity index (χ3v) is 3.53. The van der Waals surface area contributed by atoms with Gasteiger partial charge in [0, 0.05) is 12.1 Å². The van der Waals surface area contributed by atoms with Crippen LogP contribution in [0.2, 0.25) is 0 Å². The number of carbonyl (C=O) groups excluding carboxylic acids is 1. The number of thioether (sulfide) groups is 1. The predicted molar refractivity (Wildman–Crippen MR) is 80.4 cm³/mol. The van der Waals surface area contributed by atoms with E-state index < -0.39 is 18.6 Å². The molecule has 1 atom stereocenters. The molecule has 0 radical (unpaired) electrons. The molecule has 21 heavy (non-hydrogen) atoms. The number of carbonyl (C=O) groups is 1. The summed E-state index contributed by atoms with van der Waals surface area (Å²) >= 11 is 1.61. The summed E-state index contributed by atoms with van der Waals surface area (Å²) in [5.41, 5.74) is 6.84. The Kier molecular flexibility index (Phi) is 7.04. The first-order valence-electron chi connectivity index (χ1n) is 6.53. The molecule has 0 fully saturated rings. The average molecular weight is 320 g/mol. The molecular formula is C14H19F3N2OS. The second-order valence-corrected chi connectivity index (χ2v) is 5.67. The van der Waals surface area contributed by atoms with Crippen LogP contribution in [0.25, 0.3) is 0 Å². The van der Waals surface area contributed by atoms with Crippen molar-refractivity contribution >= 4 is 23.4 Å². The highest BCUT2D eigenvalue weighted by Crippen LogP contribution is 2.22. The Hall–Kier alpha value is -1.21. The molecule has 0 bridgehead atoms. The van der Waals surface area contributed by atoms with Gasteiger partial charge in [-0.15, -0.1) is 0 Å². The number of nitrogens with one attached hydrogen (secondary N) is 1. The van der Waals surface area contributed by atoms with E-state index in [-0.39, 0.29) is 12.3 Å². The van der Waals surface area contributed by atoms with Gasteiger partial charge in [-0.1, -0.05) is 12.1 Å². The number of anilines is 1. The first kappa shape index (κ1) is 17.8. The second-order valence-electron chi connectivity index (χ2n) is 4.69. The van der Waals surface area contributed by atoms with E-state index in [1.54, 1.807) is 36.0 Å². The lowest BCUT2D eigenvalue weighted by molar-refractivity contribution is -0.134. The number of alkyl halides is 3. The molecule has 1 aromatic carbocycles. The summed E-state index contributed by atoms with van der Waals surface area (Å²) in [6.45, 7) is 0. The van der Waals surface area contributed by atoms with Gasteiger partial charge in [0.05, 0.1) is 6.04 Å². The number of amides is 1. The number of nitrogens with two attached hydrogens (primary N) is 1. The van der Waals surface area contributed by atoms with E-state index in [0.29, 0.717) is 17.7 Å². The van der Waals surface area contributed by atoms with Crippen molar-refractivity contribution < 1.29 is 18.0 Å². The first-order chi connectivity index (χ1) is 9.81. The molecule has 0 saturated heterocycles. The molecule has 1 amide bonds. The van der Waals surface area contributed by atoms with Crippen molar-refractivity contribution in [3.8, 4) is 0 Å². The summed E-state index contributed by atoms with van der Waals surface area (Å²) in [7, 11) is 0. The van der Waals surface area contributed by atoms with Gasteiger partial charge in [-0.25, -0.2) is 0 Å². The van der Waals surface area contributed by atoms with Crippen LogP contribution < -0.4 is 11.1 Å². The van der Waals surface area contributed by atoms with Crippen LogP contribution in [0.15, 0.2) is 24.3 Å². The number of aryl methyl sites for hydroxylation is 1. The van der Waals surface area contributed by atoms with Gasteiger partial charge < -0.3 is 11.1 Å². The molecule has 3 N–H and O–H groups in total. The fourth-order valence-electron chi connectivity index (χ4n) is 1.65. The van der Waals surface area contributed by atoms with Crippen LogP contribution in [0.5, 0.6) is 0 Å². The van der Waals surface area contributed by atoms with Gasteiger partial charge in [0.15, 0.2) is 0 Å². The molecule has 1 aromatic rings. The molecule has 0 spiro atoms. The summed E-state index contributed by atoms with van der Waals surface area (Å²) in [5, 5.41) is 2.65. The van der Waals surface area contributed by atoms with Crippen molar-refractivity contribution in [1.29, 1.82) is 0 Å². The van der Waals surface area contributed by atoms with Crippen LogP contribution in [0, 0.1) is 0 Å². The normalized spacial score (nSPS) is 13.0. The first-order valence-corrected chi connectivity index (χ1v) is 7.92. The molecule has 0 saturated carbocycles. The van der Waals surface area contributed by atoms with E-state index in [0.717, 1.165) is 5.75 Å². The summed E-state index contributed by atoms with van der Waals surface area (Å²) < 4.78 is 36.3. The van der Waals surface area contributed by atoms with Crippen molar-refractivity contribution in [2.45, 2.75) is 31.5 Å². The zero-order valence-electron chi connectivity index (χ0n) is 11.7. The Balaban J connectivity index is 2.49. The fourth-order valence-corrected chi connectivity index (χ4v) is 2.14. The zero-order chi connectivity index (χ0) is 15.9. The third kappa shape index (κ3) is 7.38. The van der Waals surface area contributed by atoms with Gasteiger partial charge in [-0.2, -0.15) is 24.9 Å². The number of rotatable bonds is 7. The number of hydrogen-bond acceptors (Lipinski definition) is 3. The Morgan fingerprint density at radius 2 is 1.95 bits per heavy atom. The minimum Gasteiger partial charge on any atom is -0.325 e. The molecule has 0 aliphatic rings. The second kappa shape index (κ2) is 8.29. The maximum atomic E-state index is 12.1. The number of halogens is 3. The van der Waals surface area contributed by atoms with Gasteiger partial charge in [-0.3, -0.25) is 4.79 Å². The molecule has 0 unspecified atom stereocenters. The largest absolute Gasteiger partial charge is 0.389 e. The Morgan fingerprint density at radius 1 is 1.33 bits per heavy atom. The SMILES string of the molecule is CSCC[C@H](N)C(=O)Nc1ccc(CCC(F)(F)F)cc1. The van der Waals surface area contributed by atoms with Crippen LogP contribution >= 0.6 is 11.8 Å². The van der Waals surface area contributed by atoms with Crippen molar-refractivity contribution in [1.82, 2.24) is 0 Å². The van der Waals surface area contributed by atoms with E-state index in [1.165, 1.54) is 0 Å². The van der Waals surface area contributed by atoms with Gasteiger partial charge >= 0.3 is 6.18 Å². The maximum Gasteiger partial charge on any atom is 0.389 e. The van der Waals surface area contributed by atoms with Gasteiger partial charge in [0.2, 0.25) is 5.91 Å². The van der Waals surface area contributed by atoms with E-state index >= 15 is 0 Å². The van der Waals surface area contributed by atoms with Crippen molar-refractivity contribution in [3.63, 3.8) is 0 Å². The molecule has 0 heterocycles. The highest BCUT2D eigenvalue weighted by molar-refractivity contribution is 7.98. The Morgan fingerprint density at radius 3 is 2.48 bits per heavy atom. The molecule has 3 nitrogen and oxygen atoms in total. The standard InChI is InChI=1S/C14H19F3N2OS/c1-21-9-7-12(18)13(20)19-11-4-2-10(3-5-11)6-8-14(15,16)17/h2-5,12H,6-9,18H2,1H3,(H,19,20)/t12-/m0/s1. The molecule has 0 aromatic heterocycles. The summed E-state index contributed by atoms with van der Waals surface area (Å²) in [6, 6.07) is 5.75. The van der Waals surface area contributed by atoms with Crippen molar-refractivity contribution in [3.05, 3.63) is 29.8 Å². The lowest BCUT2D eigenvalue weighted by atomic mass is 10.1. The van der Waals surface area contributed by atoms with Crippen molar-refractivity contribution in [2.24, 2.45) is 5.73 Å². The maximum absolute atomic E-state index is 12.1. The smallest absolute Gasteiger partial charge is 0.325 e. The molecular weight excluding hydrogens is 301 g/mol. The van der Waals surface area contributed by atoms with Crippen LogP contribution in [0.4, 0.5) is 18.9 Å². The lowest BCUT2D eigenvalue weighted by Crippen LogP contribution is -2.36. The number of hydrogen-bond donors (Lipinski definition) is 2.